The summed E-state index contributed by atoms with van der Waals surface area (Å²) in [6.45, 7) is 17.3. The van der Waals surface area contributed by atoms with Crippen molar-refractivity contribution in [3.63, 3.8) is 0 Å². The predicted molar refractivity (Wildman–Crippen MR) is 190 cm³/mol. The lowest BCUT2D eigenvalue weighted by atomic mass is 9.76. The number of hydrogen-bond acceptors (Lipinski definition) is 9. The average molecular weight is 696 g/mol. The number of benzene rings is 1. The number of nitrogens with one attached hydrogen (secondary N) is 1. The molecule has 2 saturated heterocycles. The molecule has 3 aliphatic rings. The third-order valence-corrected chi connectivity index (χ3v) is 9.46. The molecule has 3 aromatic rings. The first-order valence-electron chi connectivity index (χ1n) is 16.9. The molecule has 0 bridgehead atoms. The molecular formula is C36H48BF2N5O6. The van der Waals surface area contributed by atoms with E-state index < -0.39 is 35.8 Å². The molecule has 14 heteroatoms. The van der Waals surface area contributed by atoms with Crippen LogP contribution in [0.3, 0.4) is 0 Å². The van der Waals surface area contributed by atoms with Crippen molar-refractivity contribution in [2.24, 2.45) is 0 Å². The predicted octanol–water partition coefficient (Wildman–Crippen LogP) is 5.77. The SMILES string of the molecule is CC(C)(C)OC(=O)N1CCCC=C1c1cc(B2OC(C)(C)C(C)(C)O2)c(F)c2[nH]c(C=O)cc12.COc1cc(F)cnc1N1CCN(C)CC1. The minimum atomic E-state index is -0.949. The number of aromatic nitrogens is 2. The number of carbonyl (C=O) groups excluding carboxylic acids is 2. The van der Waals surface area contributed by atoms with Crippen molar-refractivity contribution in [2.45, 2.75) is 78.1 Å². The van der Waals surface area contributed by atoms with E-state index in [0.29, 0.717) is 35.2 Å². The fourth-order valence-electron chi connectivity index (χ4n) is 6.02. The van der Waals surface area contributed by atoms with Crippen LogP contribution in [0.2, 0.25) is 0 Å². The summed E-state index contributed by atoms with van der Waals surface area (Å²) < 4.78 is 51.8. The van der Waals surface area contributed by atoms with Gasteiger partial charge >= 0.3 is 13.2 Å². The highest BCUT2D eigenvalue weighted by atomic mass is 19.1. The molecule has 1 aromatic carbocycles. The fourth-order valence-corrected chi connectivity index (χ4v) is 6.02. The molecule has 2 aromatic heterocycles. The standard InChI is InChI=1S/C25H32BFN2O5.C11H16FN3O/c1-23(2,3)32-22(31)29-11-9-8-10-19(29)16-13-18(26-33-24(4,5)25(6,7)34-26)20(27)21-17(16)12-15(14-30)28-21;1-14-3-5-15(6-4-14)11-10(16-2)7-9(12)8-13-11/h10,12-14,28H,8-9,11H2,1-7H3;7-8H,3-6H2,1-2H3. The van der Waals surface area contributed by atoms with Crippen LogP contribution >= 0.6 is 0 Å². The number of ether oxygens (including phenoxy) is 2. The van der Waals surface area contributed by atoms with Gasteiger partial charge in [-0.05, 0) is 80.5 Å². The van der Waals surface area contributed by atoms with E-state index in [9.17, 15) is 14.0 Å². The highest BCUT2D eigenvalue weighted by molar-refractivity contribution is 6.62. The fraction of sp³-hybridized carbons (Fsp3) is 0.528. The second-order valence-electron chi connectivity index (χ2n) is 14.9. The third-order valence-electron chi connectivity index (χ3n) is 9.46. The lowest BCUT2D eigenvalue weighted by Crippen LogP contribution is -2.44. The van der Waals surface area contributed by atoms with Crippen molar-refractivity contribution >= 4 is 47.4 Å². The van der Waals surface area contributed by atoms with E-state index in [2.05, 4.69) is 26.8 Å². The van der Waals surface area contributed by atoms with Crippen LogP contribution in [0.25, 0.3) is 16.6 Å². The summed E-state index contributed by atoms with van der Waals surface area (Å²) in [7, 11) is 2.68. The number of allylic oxidation sites excluding steroid dienone is 1. The zero-order chi connectivity index (χ0) is 36.6. The van der Waals surface area contributed by atoms with Gasteiger partial charge in [0, 0.05) is 55.2 Å². The number of amides is 1. The number of likely N-dealkylation sites (N-methyl/N-ethyl adjacent to an activating group) is 1. The van der Waals surface area contributed by atoms with Gasteiger partial charge in [-0.15, -0.1) is 0 Å². The lowest BCUT2D eigenvalue weighted by Gasteiger charge is -2.33. The van der Waals surface area contributed by atoms with Crippen LogP contribution in [0.5, 0.6) is 5.75 Å². The minimum Gasteiger partial charge on any atom is -0.493 e. The molecule has 1 N–H and O–H groups in total. The number of aromatic amines is 1. The maximum atomic E-state index is 15.8. The van der Waals surface area contributed by atoms with E-state index in [-0.39, 0.29) is 22.5 Å². The maximum absolute atomic E-state index is 15.8. The number of fused-ring (bicyclic) bond motifs is 1. The molecule has 0 aliphatic carbocycles. The Hall–Kier alpha value is -4.01. The number of anilines is 1. The number of aldehydes is 1. The Kier molecular flexibility index (Phi) is 10.7. The number of pyridine rings is 1. The van der Waals surface area contributed by atoms with Crippen LogP contribution in [0.1, 0.15) is 77.4 Å². The highest BCUT2D eigenvalue weighted by Gasteiger charge is 2.53. The lowest BCUT2D eigenvalue weighted by molar-refractivity contribution is 0.00578. The second kappa shape index (κ2) is 14.3. The van der Waals surface area contributed by atoms with E-state index in [1.807, 2.05) is 54.5 Å². The van der Waals surface area contributed by atoms with Crippen LogP contribution in [0.4, 0.5) is 19.4 Å². The quantitative estimate of drug-likeness (QED) is 0.263. The topological polar surface area (TPSA) is 109 Å². The summed E-state index contributed by atoms with van der Waals surface area (Å²) in [5, 5.41) is 0.501. The largest absolute Gasteiger partial charge is 0.497 e. The molecule has 1 amide bonds. The highest BCUT2D eigenvalue weighted by Crippen LogP contribution is 2.39. The molecule has 50 heavy (non-hydrogen) atoms. The first-order chi connectivity index (χ1) is 23.4. The number of hydrogen-bond donors (Lipinski definition) is 1. The van der Waals surface area contributed by atoms with E-state index >= 15 is 4.39 Å². The van der Waals surface area contributed by atoms with Gasteiger partial charge in [0.15, 0.2) is 17.9 Å². The number of rotatable bonds is 5. The molecule has 0 unspecified atom stereocenters. The van der Waals surface area contributed by atoms with Crippen LogP contribution in [0.15, 0.2) is 30.5 Å². The molecule has 0 saturated carbocycles. The summed E-state index contributed by atoms with van der Waals surface area (Å²) in [5.74, 6) is 0.321. The van der Waals surface area contributed by atoms with Gasteiger partial charge in [-0.2, -0.15) is 0 Å². The van der Waals surface area contributed by atoms with Crippen molar-refractivity contribution in [3.05, 3.63) is 53.4 Å². The van der Waals surface area contributed by atoms with Crippen molar-refractivity contribution in [2.75, 3.05) is 51.8 Å². The van der Waals surface area contributed by atoms with Crippen molar-refractivity contribution < 1.29 is 37.2 Å². The Labute approximate surface area is 293 Å². The average Bonchev–Trinajstić information content (AvgIpc) is 3.58. The summed E-state index contributed by atoms with van der Waals surface area (Å²) >= 11 is 0. The van der Waals surface area contributed by atoms with Crippen LogP contribution in [0, 0.1) is 11.6 Å². The molecular weight excluding hydrogens is 647 g/mol. The molecule has 2 fully saturated rings. The molecule has 0 spiro atoms. The molecule has 270 valence electrons. The van der Waals surface area contributed by atoms with E-state index in [0.717, 1.165) is 44.8 Å². The van der Waals surface area contributed by atoms with E-state index in [1.165, 1.54) is 19.4 Å². The Morgan fingerprint density at radius 3 is 2.30 bits per heavy atom. The van der Waals surface area contributed by atoms with Crippen LogP contribution in [-0.2, 0) is 14.0 Å². The first kappa shape index (κ1) is 37.3. The summed E-state index contributed by atoms with van der Waals surface area (Å²) in [6, 6.07) is 4.63. The molecule has 0 radical (unpaired) electrons. The number of methoxy groups -OCH3 is 1. The van der Waals surface area contributed by atoms with Crippen molar-refractivity contribution in [1.82, 2.24) is 19.8 Å². The van der Waals surface area contributed by atoms with Gasteiger partial charge in [0.1, 0.15) is 17.2 Å². The van der Waals surface area contributed by atoms with E-state index in [4.69, 9.17) is 18.8 Å². The summed E-state index contributed by atoms with van der Waals surface area (Å²) in [5.41, 5.74) is -0.150. The smallest absolute Gasteiger partial charge is 0.493 e. The maximum Gasteiger partial charge on any atom is 0.497 e. The molecule has 0 atom stereocenters. The molecule has 6 rings (SSSR count). The van der Waals surface area contributed by atoms with Gasteiger partial charge in [0.2, 0.25) is 0 Å². The number of carbonyl (C=O) groups is 2. The van der Waals surface area contributed by atoms with Gasteiger partial charge in [0.25, 0.3) is 0 Å². The van der Waals surface area contributed by atoms with Crippen molar-refractivity contribution in [1.29, 1.82) is 0 Å². The molecule has 5 heterocycles. The molecule has 11 nitrogen and oxygen atoms in total. The van der Waals surface area contributed by atoms with Crippen LogP contribution < -0.4 is 15.1 Å². The van der Waals surface area contributed by atoms with Gasteiger partial charge < -0.3 is 33.6 Å². The first-order valence-corrected chi connectivity index (χ1v) is 16.9. The number of halogens is 2. The summed E-state index contributed by atoms with van der Waals surface area (Å²) in [6.07, 6.45) is 4.88. The Morgan fingerprint density at radius 1 is 1.04 bits per heavy atom. The molecule has 3 aliphatic heterocycles. The zero-order valence-electron chi connectivity index (χ0n) is 30.5. The van der Waals surface area contributed by atoms with Gasteiger partial charge in [-0.25, -0.2) is 18.6 Å². The Bertz CT molecular complexity index is 1750. The second-order valence-corrected chi connectivity index (χ2v) is 14.9. The van der Waals surface area contributed by atoms with Gasteiger partial charge in [-0.3, -0.25) is 9.69 Å². The third kappa shape index (κ3) is 7.82. The normalized spacial score (nSPS) is 19.2. The van der Waals surface area contributed by atoms with Gasteiger partial charge in [0.05, 0.1) is 41.4 Å². The van der Waals surface area contributed by atoms with Crippen LogP contribution in [-0.4, -0.2) is 103 Å². The minimum absolute atomic E-state index is 0.167. The monoisotopic (exact) mass is 695 g/mol. The summed E-state index contributed by atoms with van der Waals surface area (Å²) in [4.78, 5) is 37.5. The van der Waals surface area contributed by atoms with E-state index in [1.54, 1.807) is 17.0 Å². The van der Waals surface area contributed by atoms with Gasteiger partial charge in [-0.1, -0.05) is 6.08 Å². The zero-order valence-corrected chi connectivity index (χ0v) is 30.5. The number of nitrogens with zero attached hydrogens (tertiary/aromatic N) is 4. The Morgan fingerprint density at radius 2 is 1.70 bits per heavy atom. The number of piperazine rings is 1. The number of H-pyrrole nitrogens is 1. The Balaban J connectivity index is 0.000000253. The van der Waals surface area contributed by atoms with Crippen molar-refractivity contribution in [3.8, 4) is 5.75 Å².